The molecule has 2 aromatic rings. The molecule has 0 amide bonds. The average molecular weight is 261 g/mol. The van der Waals surface area contributed by atoms with Gasteiger partial charge in [0.25, 0.3) is 0 Å². The molecule has 0 bridgehead atoms. The molecule has 4 heteroatoms. The number of anilines is 1. The maximum Gasteiger partial charge on any atom is 0.141 e. The summed E-state index contributed by atoms with van der Waals surface area (Å²) < 4.78 is 13.0. The maximum absolute atomic E-state index is 13.0. The van der Waals surface area contributed by atoms with Crippen molar-refractivity contribution in [2.75, 3.05) is 5.32 Å². The maximum atomic E-state index is 13.0. The Hall–Kier alpha value is -2.05. The highest BCUT2D eigenvalue weighted by molar-refractivity contribution is 6.31. The van der Waals surface area contributed by atoms with Crippen LogP contribution in [0.5, 0.6) is 0 Å². The lowest BCUT2D eigenvalue weighted by Gasteiger charge is -2.14. The first-order valence-corrected chi connectivity index (χ1v) is 5.74. The first kappa shape index (κ1) is 12.4. The minimum absolute atomic E-state index is 0.241. The van der Waals surface area contributed by atoms with Crippen LogP contribution >= 0.6 is 11.6 Å². The monoisotopic (exact) mass is 260 g/mol. The molecule has 0 saturated carbocycles. The molecule has 1 atom stereocenters. The topological polar surface area (TPSA) is 35.8 Å². The SMILES string of the molecule is N#CC(Nc1ccccc1)c1ccc(F)cc1Cl. The number of nitriles is 1. The highest BCUT2D eigenvalue weighted by Gasteiger charge is 2.14. The van der Waals surface area contributed by atoms with Gasteiger partial charge < -0.3 is 5.32 Å². The molecule has 0 aliphatic heterocycles. The number of benzene rings is 2. The van der Waals surface area contributed by atoms with Gasteiger partial charge in [0, 0.05) is 16.3 Å². The van der Waals surface area contributed by atoms with Gasteiger partial charge in [0.2, 0.25) is 0 Å². The molecule has 0 fully saturated rings. The summed E-state index contributed by atoms with van der Waals surface area (Å²) in [6.07, 6.45) is 0. The van der Waals surface area contributed by atoms with E-state index >= 15 is 0 Å². The Labute approximate surface area is 110 Å². The van der Waals surface area contributed by atoms with Crippen LogP contribution in [0.15, 0.2) is 48.5 Å². The van der Waals surface area contributed by atoms with E-state index < -0.39 is 11.9 Å². The van der Waals surface area contributed by atoms with Gasteiger partial charge in [0.05, 0.1) is 6.07 Å². The van der Waals surface area contributed by atoms with Crippen LogP contribution in [0.1, 0.15) is 11.6 Å². The molecule has 1 unspecified atom stereocenters. The van der Waals surface area contributed by atoms with Crippen LogP contribution in [0, 0.1) is 17.1 Å². The van der Waals surface area contributed by atoms with Gasteiger partial charge in [-0.2, -0.15) is 5.26 Å². The lowest BCUT2D eigenvalue weighted by molar-refractivity contribution is 0.627. The van der Waals surface area contributed by atoms with Gasteiger partial charge in [0.15, 0.2) is 0 Å². The Morgan fingerprint density at radius 1 is 1.17 bits per heavy atom. The number of nitrogens with one attached hydrogen (secondary N) is 1. The molecule has 0 aliphatic rings. The second-order valence-electron chi connectivity index (χ2n) is 3.74. The van der Waals surface area contributed by atoms with Gasteiger partial charge in [0.1, 0.15) is 11.9 Å². The quantitative estimate of drug-likeness (QED) is 0.900. The zero-order valence-corrected chi connectivity index (χ0v) is 10.2. The van der Waals surface area contributed by atoms with Crippen molar-refractivity contribution in [1.29, 1.82) is 5.26 Å². The molecule has 0 heterocycles. The zero-order chi connectivity index (χ0) is 13.0. The van der Waals surface area contributed by atoms with Crippen LogP contribution in [0.4, 0.5) is 10.1 Å². The molecule has 2 rings (SSSR count). The minimum atomic E-state index is -0.611. The second kappa shape index (κ2) is 5.52. The van der Waals surface area contributed by atoms with Crippen molar-refractivity contribution < 1.29 is 4.39 Å². The summed E-state index contributed by atoms with van der Waals surface area (Å²) in [6.45, 7) is 0. The van der Waals surface area contributed by atoms with Gasteiger partial charge in [-0.3, -0.25) is 0 Å². The summed E-state index contributed by atoms with van der Waals surface area (Å²) in [7, 11) is 0. The first-order valence-electron chi connectivity index (χ1n) is 5.37. The van der Waals surface area contributed by atoms with Crippen LogP contribution in [0.3, 0.4) is 0 Å². The van der Waals surface area contributed by atoms with Crippen LogP contribution in [0.2, 0.25) is 5.02 Å². The van der Waals surface area contributed by atoms with Crippen molar-refractivity contribution in [3.8, 4) is 6.07 Å². The third-order valence-corrected chi connectivity index (χ3v) is 2.81. The number of hydrogen-bond donors (Lipinski definition) is 1. The van der Waals surface area contributed by atoms with E-state index in [9.17, 15) is 4.39 Å². The van der Waals surface area contributed by atoms with Gasteiger partial charge in [-0.05, 0) is 24.3 Å². The van der Waals surface area contributed by atoms with Gasteiger partial charge in [-0.1, -0.05) is 35.9 Å². The van der Waals surface area contributed by atoms with Crippen LogP contribution < -0.4 is 5.32 Å². The fourth-order valence-corrected chi connectivity index (χ4v) is 1.89. The van der Waals surface area contributed by atoms with Crippen molar-refractivity contribution in [3.05, 3.63) is 64.9 Å². The molecule has 0 aromatic heterocycles. The average Bonchev–Trinajstić information content (AvgIpc) is 2.38. The number of hydrogen-bond acceptors (Lipinski definition) is 2. The van der Waals surface area contributed by atoms with Crippen molar-refractivity contribution in [2.45, 2.75) is 6.04 Å². The van der Waals surface area contributed by atoms with E-state index in [1.165, 1.54) is 18.2 Å². The number of nitrogens with zero attached hydrogens (tertiary/aromatic N) is 1. The fourth-order valence-electron chi connectivity index (χ4n) is 1.62. The molecular weight excluding hydrogens is 251 g/mol. The van der Waals surface area contributed by atoms with Gasteiger partial charge >= 0.3 is 0 Å². The third-order valence-electron chi connectivity index (χ3n) is 2.49. The van der Waals surface area contributed by atoms with Crippen molar-refractivity contribution in [2.24, 2.45) is 0 Å². The smallest absolute Gasteiger partial charge is 0.141 e. The van der Waals surface area contributed by atoms with Crippen LogP contribution in [-0.4, -0.2) is 0 Å². The van der Waals surface area contributed by atoms with E-state index in [1.54, 1.807) is 0 Å². The second-order valence-corrected chi connectivity index (χ2v) is 4.15. The van der Waals surface area contributed by atoms with E-state index in [-0.39, 0.29) is 5.02 Å². The van der Waals surface area contributed by atoms with Crippen molar-refractivity contribution in [1.82, 2.24) is 0 Å². The Kier molecular flexibility index (Phi) is 3.81. The summed E-state index contributed by atoms with van der Waals surface area (Å²) in [4.78, 5) is 0. The number of halogens is 2. The highest BCUT2D eigenvalue weighted by atomic mass is 35.5. The highest BCUT2D eigenvalue weighted by Crippen LogP contribution is 2.26. The van der Waals surface area contributed by atoms with Crippen molar-refractivity contribution in [3.63, 3.8) is 0 Å². The molecule has 90 valence electrons. The number of para-hydroxylation sites is 1. The van der Waals surface area contributed by atoms with E-state index in [1.807, 2.05) is 30.3 Å². The summed E-state index contributed by atoms with van der Waals surface area (Å²) in [5.74, 6) is -0.417. The predicted molar refractivity (Wildman–Crippen MR) is 69.8 cm³/mol. The van der Waals surface area contributed by atoms with E-state index in [2.05, 4.69) is 11.4 Å². The summed E-state index contributed by atoms with van der Waals surface area (Å²) in [6, 6.07) is 14.8. The third kappa shape index (κ3) is 2.79. The van der Waals surface area contributed by atoms with Crippen molar-refractivity contribution >= 4 is 17.3 Å². The molecule has 1 N–H and O–H groups in total. The first-order chi connectivity index (χ1) is 8.70. The van der Waals surface area contributed by atoms with E-state index in [0.717, 1.165) is 5.69 Å². The van der Waals surface area contributed by atoms with Crippen LogP contribution in [0.25, 0.3) is 0 Å². The Bertz CT molecular complexity index is 578. The Balaban J connectivity index is 2.27. The summed E-state index contributed by atoms with van der Waals surface area (Å²) in [5.41, 5.74) is 1.37. The number of rotatable bonds is 3. The van der Waals surface area contributed by atoms with E-state index in [4.69, 9.17) is 16.9 Å². The Morgan fingerprint density at radius 2 is 1.89 bits per heavy atom. The normalized spacial score (nSPS) is 11.6. The fraction of sp³-hybridized carbons (Fsp3) is 0.0714. The molecule has 0 aliphatic carbocycles. The lowest BCUT2D eigenvalue weighted by Crippen LogP contribution is -2.09. The van der Waals surface area contributed by atoms with Gasteiger partial charge in [-0.25, -0.2) is 4.39 Å². The standard InChI is InChI=1S/C14H10ClFN2/c15-13-8-10(16)6-7-12(13)14(9-17)18-11-4-2-1-3-5-11/h1-8,14,18H. The van der Waals surface area contributed by atoms with Gasteiger partial charge in [-0.15, -0.1) is 0 Å². The molecular formula is C14H10ClFN2. The molecule has 0 spiro atoms. The van der Waals surface area contributed by atoms with E-state index in [0.29, 0.717) is 5.56 Å². The summed E-state index contributed by atoms with van der Waals surface area (Å²) in [5, 5.41) is 12.4. The van der Waals surface area contributed by atoms with Crippen LogP contribution in [-0.2, 0) is 0 Å². The predicted octanol–water partition coefficient (Wildman–Crippen LogP) is 4.16. The Morgan fingerprint density at radius 3 is 2.50 bits per heavy atom. The molecule has 2 aromatic carbocycles. The largest absolute Gasteiger partial charge is 0.366 e. The lowest BCUT2D eigenvalue weighted by atomic mass is 10.1. The molecule has 18 heavy (non-hydrogen) atoms. The molecule has 2 nitrogen and oxygen atoms in total. The minimum Gasteiger partial charge on any atom is -0.366 e. The zero-order valence-electron chi connectivity index (χ0n) is 9.40. The summed E-state index contributed by atoms with van der Waals surface area (Å²) >= 11 is 5.94. The molecule has 0 radical (unpaired) electrons. The molecule has 0 saturated heterocycles.